The number of aliphatic carboxylic acids is 1. The van der Waals surface area contributed by atoms with Crippen LogP contribution in [-0.4, -0.2) is 136 Å². The van der Waals surface area contributed by atoms with E-state index >= 15 is 0 Å². The van der Waals surface area contributed by atoms with Crippen LogP contribution >= 0.6 is 0 Å². The summed E-state index contributed by atoms with van der Waals surface area (Å²) in [4.78, 5) is 117. The number of carboxylic acids is 1. The Balaban J connectivity index is 1.23. The summed E-state index contributed by atoms with van der Waals surface area (Å²) in [5, 5.41) is 38.4. The average molecular weight is 1130 g/mol. The number of carboxylic acid groups (broad SMARTS) is 1. The van der Waals surface area contributed by atoms with E-state index in [2.05, 4.69) is 36.9 Å². The van der Waals surface area contributed by atoms with Crippen LogP contribution in [0.1, 0.15) is 68.2 Å². The van der Waals surface area contributed by atoms with Gasteiger partial charge in [-0.2, -0.15) is 0 Å². The van der Waals surface area contributed by atoms with Gasteiger partial charge in [-0.1, -0.05) is 109 Å². The molecule has 1 heterocycles. The van der Waals surface area contributed by atoms with Crippen LogP contribution in [0.3, 0.4) is 0 Å². The van der Waals surface area contributed by atoms with Gasteiger partial charge < -0.3 is 64.2 Å². The fourth-order valence-corrected chi connectivity index (χ4v) is 9.49. The number of nitrogens with two attached hydrogens (primary N) is 3. The molecule has 0 aromatic heterocycles. The summed E-state index contributed by atoms with van der Waals surface area (Å²) >= 11 is 0. The Bertz CT molecular complexity index is 3080. The molecule has 23 heteroatoms. The van der Waals surface area contributed by atoms with Gasteiger partial charge in [-0.25, -0.2) is 13.6 Å². The molecule has 14 N–H and O–H groups in total. The van der Waals surface area contributed by atoms with E-state index < -0.39 is 120 Å². The second kappa shape index (κ2) is 30.1. The number of fused-ring (bicyclic) bond motifs is 1. The Kier molecular flexibility index (Phi) is 22.9. The van der Waals surface area contributed by atoms with Crippen molar-refractivity contribution in [2.24, 2.45) is 22.2 Å². The Morgan fingerprint density at radius 2 is 1.15 bits per heavy atom. The molecule has 1 saturated heterocycles. The highest BCUT2D eigenvalue weighted by Gasteiger charge is 2.40. The number of aliphatic hydroxyl groups excluding tert-OH is 1. The third-order valence-electron chi connectivity index (χ3n) is 13.9. The minimum absolute atomic E-state index is 0.0236. The minimum atomic E-state index is -1.72. The predicted octanol–water partition coefficient (Wildman–Crippen LogP) is 1.54. The quantitative estimate of drug-likeness (QED) is 0.0202. The van der Waals surface area contributed by atoms with Gasteiger partial charge in [-0.3, -0.25) is 38.6 Å². The molecule has 0 radical (unpaired) electrons. The first-order chi connectivity index (χ1) is 39.2. The van der Waals surface area contributed by atoms with Gasteiger partial charge in [-0.05, 0) is 97.5 Å². The van der Waals surface area contributed by atoms with E-state index in [1.807, 2.05) is 36.4 Å². The number of rotatable bonds is 27. The topological polar surface area (TPSA) is 343 Å². The molecule has 5 aromatic rings. The minimum Gasteiger partial charge on any atom is -0.480 e. The molecule has 7 amide bonds. The molecule has 0 saturated carbocycles. The summed E-state index contributed by atoms with van der Waals surface area (Å²) in [6.07, 6.45) is -1.07. The van der Waals surface area contributed by atoms with Crippen molar-refractivity contribution in [1.82, 2.24) is 36.8 Å². The number of amides is 7. The van der Waals surface area contributed by atoms with E-state index in [9.17, 15) is 57.4 Å². The molecule has 1 fully saturated rings. The molecule has 5 aromatic carbocycles. The first kappa shape index (κ1) is 62.4. The number of piperidine rings is 1. The van der Waals surface area contributed by atoms with Crippen molar-refractivity contribution in [1.29, 1.82) is 0 Å². The normalized spacial score (nSPS) is 16.1. The number of benzene rings is 5. The SMILES string of the molecule is C[C@H](NC(=O)[C@H](CCCN=C(N)N)NC(=O)[C@H](Cc1ccc2ccccc2c1)NC(=O)[C@@H]1CCCCN1C(=O)[C@H](NC(=O)[C@H](Cc1ccc(F)c(F)c1)NC(=O)[C@H](N)Cc1ccccc1)[C@H](C)O)C(=O)N[C@H](Cc1ccccc1)C(=O)O. The second-order valence-corrected chi connectivity index (χ2v) is 20.4. The van der Waals surface area contributed by atoms with Crippen molar-refractivity contribution in [2.75, 3.05) is 13.1 Å². The van der Waals surface area contributed by atoms with Crippen molar-refractivity contribution in [3.63, 3.8) is 0 Å². The van der Waals surface area contributed by atoms with Crippen LogP contribution in [0, 0.1) is 11.6 Å². The van der Waals surface area contributed by atoms with E-state index in [0.29, 0.717) is 24.0 Å². The highest BCUT2D eigenvalue weighted by atomic mass is 19.2. The number of nitrogens with one attached hydrogen (secondary N) is 6. The summed E-state index contributed by atoms with van der Waals surface area (Å²) in [6, 6.07) is 22.1. The van der Waals surface area contributed by atoms with Gasteiger partial charge in [0.2, 0.25) is 41.4 Å². The fraction of sp³-hybridized carbons (Fsp3) is 0.373. The first-order valence-electron chi connectivity index (χ1n) is 27.0. The molecule has 1 aliphatic heterocycles. The van der Waals surface area contributed by atoms with Crippen LogP contribution < -0.4 is 49.1 Å². The number of hydrogen-bond acceptors (Lipinski definition) is 11. The third-order valence-corrected chi connectivity index (χ3v) is 13.9. The van der Waals surface area contributed by atoms with Gasteiger partial charge >= 0.3 is 5.97 Å². The van der Waals surface area contributed by atoms with Crippen LogP contribution in [0.15, 0.2) is 126 Å². The Morgan fingerprint density at radius 1 is 0.598 bits per heavy atom. The summed E-state index contributed by atoms with van der Waals surface area (Å²) < 4.78 is 28.4. The second-order valence-electron chi connectivity index (χ2n) is 20.4. The van der Waals surface area contributed by atoms with Gasteiger partial charge in [0.1, 0.15) is 42.3 Å². The van der Waals surface area contributed by atoms with Crippen LogP contribution in [-0.2, 0) is 64.0 Å². The lowest BCUT2D eigenvalue weighted by Gasteiger charge is -2.38. The Hall–Kier alpha value is -8.83. The van der Waals surface area contributed by atoms with Crippen LogP contribution in [0.5, 0.6) is 0 Å². The van der Waals surface area contributed by atoms with Crippen molar-refractivity contribution >= 4 is 64.1 Å². The molecule has 82 heavy (non-hydrogen) atoms. The van der Waals surface area contributed by atoms with Crippen LogP contribution in [0.2, 0.25) is 0 Å². The highest BCUT2D eigenvalue weighted by Crippen LogP contribution is 2.22. The lowest BCUT2D eigenvalue weighted by atomic mass is 9.97. The Labute approximate surface area is 473 Å². The van der Waals surface area contributed by atoms with E-state index in [1.165, 1.54) is 24.8 Å². The standard InChI is InChI=1S/C59H71F2N11O10/c1-34(51(74)70-48(58(81)82)31-37-16-7-4-8-17-37)66-53(76)45(20-13-26-65-59(63)64)67-54(77)46(32-38-22-24-40-18-9-10-19-41(40)28-38)69-56(79)49-21-11-12-27-72(49)57(80)50(35(2)73)71-55(78)47(33-39-23-25-42(60)43(61)29-39)68-52(75)44(62)30-36-14-5-3-6-15-36/h3-10,14-19,22-25,28-29,34-35,44-50,73H,11-13,20-21,26-27,30-33,62H2,1-2H3,(H,66,76)(H,67,77)(H,68,75)(H,69,79)(H,70,74)(H,71,78)(H,81,82)(H4,63,64,65)/t34-,35-,44+,45-,46-,47-,48+,49-,50+/m0/s1. The lowest BCUT2D eigenvalue weighted by molar-refractivity contribution is -0.148. The van der Waals surface area contributed by atoms with Crippen LogP contribution in [0.4, 0.5) is 8.78 Å². The summed E-state index contributed by atoms with van der Waals surface area (Å²) in [5.74, 6) is -9.81. The average Bonchev–Trinajstić information content (AvgIpc) is 3.62. The molecule has 21 nitrogen and oxygen atoms in total. The van der Waals surface area contributed by atoms with Crippen molar-refractivity contribution in [3.05, 3.63) is 155 Å². The van der Waals surface area contributed by atoms with Crippen molar-refractivity contribution in [3.8, 4) is 0 Å². The maximum absolute atomic E-state index is 14.7. The molecule has 0 spiro atoms. The number of carbonyl (C=O) groups is 8. The zero-order chi connectivity index (χ0) is 59.5. The van der Waals surface area contributed by atoms with Crippen molar-refractivity contribution < 1.29 is 57.4 Å². The van der Waals surface area contributed by atoms with E-state index in [-0.39, 0.29) is 63.1 Å². The number of guanidine groups is 1. The van der Waals surface area contributed by atoms with Gasteiger partial charge in [0.25, 0.3) is 0 Å². The van der Waals surface area contributed by atoms with Gasteiger partial charge in [0, 0.05) is 32.4 Å². The number of likely N-dealkylation sites (tertiary alicyclic amines) is 1. The molecule has 436 valence electrons. The third kappa shape index (κ3) is 18.4. The number of hydrogen-bond donors (Lipinski definition) is 11. The number of carbonyl (C=O) groups excluding carboxylic acids is 7. The largest absolute Gasteiger partial charge is 0.480 e. The van der Waals surface area contributed by atoms with Crippen LogP contribution in [0.25, 0.3) is 10.8 Å². The first-order valence-corrected chi connectivity index (χ1v) is 27.0. The summed E-state index contributed by atoms with van der Waals surface area (Å²) in [5.41, 5.74) is 19.4. The lowest BCUT2D eigenvalue weighted by Crippen LogP contribution is -2.63. The molecule has 9 atom stereocenters. The molecule has 0 aliphatic carbocycles. The van der Waals surface area contributed by atoms with Gasteiger partial charge in [0.05, 0.1) is 12.1 Å². The zero-order valence-corrected chi connectivity index (χ0v) is 45.6. The molecule has 6 rings (SSSR count). The number of aliphatic imine (C=N–C) groups is 1. The summed E-state index contributed by atoms with van der Waals surface area (Å²) in [6.45, 7) is 2.60. The van der Waals surface area contributed by atoms with E-state index in [0.717, 1.165) is 28.5 Å². The molecular weight excluding hydrogens is 1060 g/mol. The predicted molar refractivity (Wildman–Crippen MR) is 302 cm³/mol. The maximum atomic E-state index is 14.7. The smallest absolute Gasteiger partial charge is 0.326 e. The monoisotopic (exact) mass is 1130 g/mol. The molecule has 0 bridgehead atoms. The number of halogens is 2. The number of nitrogens with zero attached hydrogens (tertiary/aromatic N) is 2. The fourth-order valence-electron chi connectivity index (χ4n) is 9.49. The highest BCUT2D eigenvalue weighted by molar-refractivity contribution is 5.98. The molecular formula is C59H71F2N11O10. The van der Waals surface area contributed by atoms with E-state index in [1.54, 1.807) is 66.7 Å². The maximum Gasteiger partial charge on any atom is 0.326 e. The van der Waals surface area contributed by atoms with Gasteiger partial charge in [-0.15, -0.1) is 0 Å². The van der Waals surface area contributed by atoms with E-state index in [4.69, 9.17) is 17.2 Å². The number of aliphatic hydroxyl groups is 1. The van der Waals surface area contributed by atoms with Crippen molar-refractivity contribution in [2.45, 2.75) is 126 Å². The molecule has 1 aliphatic rings. The van der Waals surface area contributed by atoms with Gasteiger partial charge in [0.15, 0.2) is 17.6 Å². The zero-order valence-electron chi connectivity index (χ0n) is 45.6. The Morgan fingerprint density at radius 3 is 1.78 bits per heavy atom. The molecule has 0 unspecified atom stereocenters. The summed E-state index contributed by atoms with van der Waals surface area (Å²) in [7, 11) is 0.